The zero-order valence-corrected chi connectivity index (χ0v) is 12.2. The highest BCUT2D eigenvalue weighted by Gasteiger charge is 2.24. The monoisotopic (exact) mass is 267 g/mol. The molecule has 1 unspecified atom stereocenters. The van der Waals surface area contributed by atoms with Gasteiger partial charge in [-0.05, 0) is 60.5 Å². The van der Waals surface area contributed by atoms with E-state index >= 15 is 0 Å². The summed E-state index contributed by atoms with van der Waals surface area (Å²) in [5.41, 5.74) is 1.09. The van der Waals surface area contributed by atoms with E-state index < -0.39 is 0 Å². The van der Waals surface area contributed by atoms with Gasteiger partial charge in [-0.25, -0.2) is 0 Å². The van der Waals surface area contributed by atoms with Gasteiger partial charge in [-0.1, -0.05) is 13.3 Å². The van der Waals surface area contributed by atoms with Crippen molar-refractivity contribution in [2.75, 3.05) is 19.6 Å². The van der Waals surface area contributed by atoms with Gasteiger partial charge in [-0.15, -0.1) is 0 Å². The van der Waals surface area contributed by atoms with Gasteiger partial charge in [0, 0.05) is 13.1 Å². The molecule has 102 valence electrons. The fraction of sp³-hybridized carbons (Fsp3) is 0.733. The Labute approximate surface area is 115 Å². The van der Waals surface area contributed by atoms with Crippen molar-refractivity contribution < 1.29 is 5.11 Å². The first-order valence-electron chi connectivity index (χ1n) is 7.22. The van der Waals surface area contributed by atoms with Crippen molar-refractivity contribution >= 4 is 11.3 Å². The molecule has 1 aliphatic carbocycles. The van der Waals surface area contributed by atoms with Crippen LogP contribution < -0.4 is 0 Å². The third-order valence-electron chi connectivity index (χ3n) is 3.69. The van der Waals surface area contributed by atoms with E-state index in [0.717, 1.165) is 24.4 Å². The first-order valence-corrected chi connectivity index (χ1v) is 8.16. The first-order chi connectivity index (χ1) is 8.79. The fourth-order valence-corrected chi connectivity index (χ4v) is 2.98. The molecule has 0 amide bonds. The van der Waals surface area contributed by atoms with Crippen molar-refractivity contribution in [3.8, 4) is 0 Å². The molecule has 1 saturated carbocycles. The molecule has 2 rings (SSSR count). The molecule has 0 bridgehead atoms. The summed E-state index contributed by atoms with van der Waals surface area (Å²) in [5.74, 6) is 0.945. The second kappa shape index (κ2) is 7.27. The molecule has 3 heteroatoms. The first kappa shape index (κ1) is 14.0. The second-order valence-electron chi connectivity index (χ2n) is 5.46. The van der Waals surface area contributed by atoms with Gasteiger partial charge < -0.3 is 10.0 Å². The summed E-state index contributed by atoms with van der Waals surface area (Å²) in [6.07, 6.45) is 5.95. The maximum atomic E-state index is 10.1. The lowest BCUT2D eigenvalue weighted by Crippen LogP contribution is -2.29. The lowest BCUT2D eigenvalue weighted by atomic mass is 10.1. The molecule has 2 nitrogen and oxygen atoms in total. The molecule has 1 fully saturated rings. The van der Waals surface area contributed by atoms with Gasteiger partial charge in [0.1, 0.15) is 0 Å². The van der Waals surface area contributed by atoms with E-state index in [-0.39, 0.29) is 6.10 Å². The van der Waals surface area contributed by atoms with Crippen LogP contribution in [0, 0.1) is 5.92 Å². The predicted molar refractivity (Wildman–Crippen MR) is 78.0 cm³/mol. The molecule has 1 aromatic heterocycles. The Morgan fingerprint density at radius 1 is 1.44 bits per heavy atom. The van der Waals surface area contributed by atoms with Crippen molar-refractivity contribution in [2.24, 2.45) is 5.92 Å². The standard InChI is InChI=1S/C15H25NOS/c1-2-3-8-16(11-13-4-5-13)9-6-15(17)14-7-10-18-12-14/h7,10,12-13,15,17H,2-6,8-9,11H2,1H3. The maximum Gasteiger partial charge on any atom is 0.0810 e. The Kier molecular flexibility index (Phi) is 5.67. The zero-order valence-electron chi connectivity index (χ0n) is 11.3. The largest absolute Gasteiger partial charge is 0.388 e. The molecular weight excluding hydrogens is 242 g/mol. The van der Waals surface area contributed by atoms with E-state index in [2.05, 4.69) is 17.2 Å². The van der Waals surface area contributed by atoms with Gasteiger partial charge in [-0.2, -0.15) is 11.3 Å². The van der Waals surface area contributed by atoms with Crippen LogP contribution in [0.2, 0.25) is 0 Å². The topological polar surface area (TPSA) is 23.5 Å². The summed E-state index contributed by atoms with van der Waals surface area (Å²) in [6, 6.07) is 2.03. The summed E-state index contributed by atoms with van der Waals surface area (Å²) in [7, 11) is 0. The summed E-state index contributed by atoms with van der Waals surface area (Å²) < 4.78 is 0. The molecule has 0 radical (unpaired) electrons. The van der Waals surface area contributed by atoms with Crippen molar-refractivity contribution in [2.45, 2.75) is 45.1 Å². The molecule has 0 aromatic carbocycles. The average Bonchev–Trinajstić information content (AvgIpc) is 3.02. The van der Waals surface area contributed by atoms with E-state index in [1.807, 2.05) is 11.4 Å². The molecule has 0 spiro atoms. The Morgan fingerprint density at radius 3 is 2.89 bits per heavy atom. The maximum absolute atomic E-state index is 10.1. The van der Waals surface area contributed by atoms with Crippen LogP contribution in [-0.4, -0.2) is 29.6 Å². The lowest BCUT2D eigenvalue weighted by Gasteiger charge is -2.23. The van der Waals surface area contributed by atoms with Crippen LogP contribution in [0.5, 0.6) is 0 Å². The van der Waals surface area contributed by atoms with Crippen LogP contribution in [0.3, 0.4) is 0 Å². The van der Waals surface area contributed by atoms with Crippen LogP contribution in [0.1, 0.15) is 50.7 Å². The molecule has 1 aromatic rings. The highest BCUT2D eigenvalue weighted by Crippen LogP contribution is 2.30. The Bertz CT molecular complexity index is 321. The number of rotatable bonds is 9. The molecule has 1 atom stereocenters. The van der Waals surface area contributed by atoms with Gasteiger partial charge in [0.25, 0.3) is 0 Å². The number of nitrogens with zero attached hydrogens (tertiary/aromatic N) is 1. The Hall–Kier alpha value is -0.380. The van der Waals surface area contributed by atoms with Gasteiger partial charge >= 0.3 is 0 Å². The van der Waals surface area contributed by atoms with Crippen molar-refractivity contribution in [1.29, 1.82) is 0 Å². The summed E-state index contributed by atoms with van der Waals surface area (Å²) >= 11 is 1.66. The summed E-state index contributed by atoms with van der Waals surface area (Å²) in [5, 5.41) is 14.2. The van der Waals surface area contributed by atoms with Crippen LogP contribution in [-0.2, 0) is 0 Å². The minimum Gasteiger partial charge on any atom is -0.388 e. The van der Waals surface area contributed by atoms with Crippen molar-refractivity contribution in [3.63, 3.8) is 0 Å². The normalized spacial score (nSPS) is 17.3. The minimum absolute atomic E-state index is 0.278. The van der Waals surface area contributed by atoms with Crippen molar-refractivity contribution in [1.82, 2.24) is 4.90 Å². The van der Waals surface area contributed by atoms with E-state index in [1.165, 1.54) is 38.8 Å². The van der Waals surface area contributed by atoms with E-state index in [0.29, 0.717) is 0 Å². The number of thiophene rings is 1. The van der Waals surface area contributed by atoms with E-state index in [9.17, 15) is 5.11 Å². The zero-order chi connectivity index (χ0) is 12.8. The molecule has 1 heterocycles. The summed E-state index contributed by atoms with van der Waals surface area (Å²) in [4.78, 5) is 2.55. The van der Waals surface area contributed by atoms with Crippen LogP contribution in [0.15, 0.2) is 16.8 Å². The fourth-order valence-electron chi connectivity index (χ4n) is 2.28. The summed E-state index contributed by atoms with van der Waals surface area (Å²) in [6.45, 7) is 5.72. The molecule has 0 saturated heterocycles. The Morgan fingerprint density at radius 2 is 2.28 bits per heavy atom. The predicted octanol–water partition coefficient (Wildman–Crippen LogP) is 3.68. The smallest absolute Gasteiger partial charge is 0.0810 e. The van der Waals surface area contributed by atoms with E-state index in [1.54, 1.807) is 11.3 Å². The van der Waals surface area contributed by atoms with E-state index in [4.69, 9.17) is 0 Å². The van der Waals surface area contributed by atoms with Crippen molar-refractivity contribution in [3.05, 3.63) is 22.4 Å². The lowest BCUT2D eigenvalue weighted by molar-refractivity contribution is 0.139. The van der Waals surface area contributed by atoms with Crippen LogP contribution in [0.4, 0.5) is 0 Å². The highest BCUT2D eigenvalue weighted by atomic mass is 32.1. The minimum atomic E-state index is -0.278. The SMILES string of the molecule is CCCCN(CCC(O)c1ccsc1)CC1CC1. The van der Waals surface area contributed by atoms with Crippen LogP contribution >= 0.6 is 11.3 Å². The number of hydrogen-bond acceptors (Lipinski definition) is 3. The van der Waals surface area contributed by atoms with Gasteiger partial charge in [0.2, 0.25) is 0 Å². The Balaban J connectivity index is 1.73. The van der Waals surface area contributed by atoms with Crippen LogP contribution in [0.25, 0.3) is 0 Å². The number of aliphatic hydroxyl groups excluding tert-OH is 1. The quantitative estimate of drug-likeness (QED) is 0.737. The van der Waals surface area contributed by atoms with Gasteiger partial charge in [-0.3, -0.25) is 0 Å². The molecular formula is C15H25NOS. The average molecular weight is 267 g/mol. The number of hydrogen-bond donors (Lipinski definition) is 1. The second-order valence-corrected chi connectivity index (χ2v) is 6.24. The molecule has 18 heavy (non-hydrogen) atoms. The van der Waals surface area contributed by atoms with Gasteiger partial charge in [0.05, 0.1) is 6.10 Å². The van der Waals surface area contributed by atoms with Gasteiger partial charge in [0.15, 0.2) is 0 Å². The third kappa shape index (κ3) is 4.71. The molecule has 1 N–H and O–H groups in total. The molecule has 0 aliphatic heterocycles. The number of aliphatic hydroxyl groups is 1. The molecule has 1 aliphatic rings. The highest BCUT2D eigenvalue weighted by molar-refractivity contribution is 7.07. The third-order valence-corrected chi connectivity index (χ3v) is 4.39. The number of unbranched alkanes of at least 4 members (excludes halogenated alkanes) is 1.